The highest BCUT2D eigenvalue weighted by Gasteiger charge is 2.13. The molecular weight excluding hydrogens is 266 g/mol. The third kappa shape index (κ3) is 2.71. The average Bonchev–Trinajstić information content (AvgIpc) is 2.35. The summed E-state index contributed by atoms with van der Waals surface area (Å²) in [4.78, 5) is 7.31. The third-order valence-electron chi connectivity index (χ3n) is 2.92. The maximum absolute atomic E-state index is 13.9. The molecule has 0 bridgehead atoms. The number of hydrogen-bond donors (Lipinski definition) is 1. The molecule has 0 amide bonds. The van der Waals surface area contributed by atoms with Gasteiger partial charge < -0.3 is 4.98 Å². The molecule has 0 atom stereocenters. The van der Waals surface area contributed by atoms with E-state index >= 15 is 0 Å². The number of hydrogen-bond acceptors (Lipinski definition) is 2. The number of halogens is 2. The Morgan fingerprint density at radius 1 is 1.26 bits per heavy atom. The quantitative estimate of drug-likeness (QED) is 0.819. The van der Waals surface area contributed by atoms with Crippen molar-refractivity contribution in [2.24, 2.45) is 0 Å². The van der Waals surface area contributed by atoms with E-state index in [0.29, 0.717) is 21.7 Å². The normalized spacial score (nSPS) is 11.1. The van der Waals surface area contributed by atoms with Crippen molar-refractivity contribution in [3.05, 3.63) is 45.9 Å². The fourth-order valence-corrected chi connectivity index (χ4v) is 1.98. The van der Waals surface area contributed by atoms with Gasteiger partial charge in [-0.1, -0.05) is 26.1 Å². The number of benzene rings is 1. The van der Waals surface area contributed by atoms with Gasteiger partial charge in [0.25, 0.3) is 0 Å². The van der Waals surface area contributed by atoms with Crippen LogP contribution in [-0.2, 0) is 0 Å². The third-order valence-corrected chi connectivity index (χ3v) is 3.31. The van der Waals surface area contributed by atoms with E-state index in [2.05, 4.69) is 9.97 Å². The Hall–Kier alpha value is -1.62. The largest absolute Gasteiger partial charge is 0.343 e. The van der Waals surface area contributed by atoms with Crippen LogP contribution in [0.4, 0.5) is 8.78 Å². The van der Waals surface area contributed by atoms with Gasteiger partial charge in [0.1, 0.15) is 22.1 Å². The molecule has 1 N–H and O–H groups in total. The van der Waals surface area contributed by atoms with Gasteiger partial charge in [-0.15, -0.1) is 0 Å². The van der Waals surface area contributed by atoms with Gasteiger partial charge in [-0.3, -0.25) is 0 Å². The first-order valence-electron chi connectivity index (χ1n) is 5.96. The molecule has 0 aliphatic rings. The lowest BCUT2D eigenvalue weighted by Gasteiger charge is -2.12. The first-order chi connectivity index (χ1) is 8.90. The minimum atomic E-state index is -0.490. The van der Waals surface area contributed by atoms with Gasteiger partial charge in [0.2, 0.25) is 0 Å². The van der Waals surface area contributed by atoms with Crippen molar-refractivity contribution in [3.63, 3.8) is 0 Å². The maximum Gasteiger partial charge on any atom is 0.133 e. The molecule has 2 aromatic rings. The molecule has 2 nitrogen and oxygen atoms in total. The van der Waals surface area contributed by atoms with Crippen molar-refractivity contribution < 1.29 is 8.78 Å². The van der Waals surface area contributed by atoms with Gasteiger partial charge in [-0.25, -0.2) is 13.8 Å². The van der Waals surface area contributed by atoms with Gasteiger partial charge in [0.15, 0.2) is 0 Å². The fourth-order valence-electron chi connectivity index (χ4n) is 1.78. The summed E-state index contributed by atoms with van der Waals surface area (Å²) < 4.78 is 27.6. The van der Waals surface area contributed by atoms with Crippen molar-refractivity contribution in [2.45, 2.75) is 26.7 Å². The van der Waals surface area contributed by atoms with Crippen molar-refractivity contribution in [2.75, 3.05) is 0 Å². The molecule has 0 aliphatic heterocycles. The molecule has 5 heteroatoms. The first-order valence-corrected chi connectivity index (χ1v) is 6.37. The predicted octanol–water partition coefficient (Wildman–Crippen LogP) is 4.52. The monoisotopic (exact) mass is 280 g/mol. The van der Waals surface area contributed by atoms with E-state index in [0.717, 1.165) is 18.2 Å². The SMILES string of the molecule is Cc1c(-c2cc(F)ccc2F)[nH]c(C(C)C)nc1=S. The number of rotatable bonds is 2. The van der Waals surface area contributed by atoms with Gasteiger partial charge >= 0.3 is 0 Å². The van der Waals surface area contributed by atoms with E-state index in [9.17, 15) is 8.78 Å². The standard InChI is InChI=1S/C14H14F2N2S/c1-7(2)13-17-12(8(3)14(19)18-13)10-6-9(15)4-5-11(10)16/h4-7H,1-3H3,(H,17,18,19). The number of aromatic nitrogens is 2. The molecule has 1 aromatic heterocycles. The molecule has 0 fully saturated rings. The second-order valence-corrected chi connectivity index (χ2v) is 5.09. The van der Waals surface area contributed by atoms with E-state index in [1.54, 1.807) is 6.92 Å². The summed E-state index contributed by atoms with van der Waals surface area (Å²) in [6, 6.07) is 3.36. The lowest BCUT2D eigenvalue weighted by Crippen LogP contribution is -2.03. The Morgan fingerprint density at radius 3 is 2.58 bits per heavy atom. The highest BCUT2D eigenvalue weighted by atomic mass is 32.1. The zero-order chi connectivity index (χ0) is 14.2. The molecule has 0 unspecified atom stereocenters. The molecule has 100 valence electrons. The molecule has 1 aromatic carbocycles. The van der Waals surface area contributed by atoms with Crippen LogP contribution in [0.15, 0.2) is 18.2 Å². The van der Waals surface area contributed by atoms with E-state index in [4.69, 9.17) is 12.2 Å². The Balaban J connectivity index is 2.74. The number of H-pyrrole nitrogens is 1. The Labute approximate surface area is 115 Å². The van der Waals surface area contributed by atoms with Gasteiger partial charge in [-0.05, 0) is 25.1 Å². The van der Waals surface area contributed by atoms with Crippen LogP contribution in [0.25, 0.3) is 11.3 Å². The van der Waals surface area contributed by atoms with Crippen molar-refractivity contribution >= 4 is 12.2 Å². The van der Waals surface area contributed by atoms with E-state index < -0.39 is 11.6 Å². The Bertz CT molecular complexity index is 678. The molecule has 0 aliphatic carbocycles. The zero-order valence-corrected chi connectivity index (χ0v) is 11.7. The topological polar surface area (TPSA) is 28.7 Å². The molecule has 0 spiro atoms. The van der Waals surface area contributed by atoms with Crippen LogP contribution in [0.2, 0.25) is 0 Å². The van der Waals surface area contributed by atoms with Gasteiger partial charge in [0.05, 0.1) is 5.69 Å². The highest BCUT2D eigenvalue weighted by Crippen LogP contribution is 2.26. The van der Waals surface area contributed by atoms with Gasteiger partial charge in [-0.2, -0.15) is 0 Å². The smallest absolute Gasteiger partial charge is 0.133 e. The summed E-state index contributed by atoms with van der Waals surface area (Å²) in [5, 5.41) is 0. The minimum Gasteiger partial charge on any atom is -0.343 e. The summed E-state index contributed by atoms with van der Waals surface area (Å²) in [6.07, 6.45) is 0. The lowest BCUT2D eigenvalue weighted by atomic mass is 10.1. The van der Waals surface area contributed by atoms with E-state index in [-0.39, 0.29) is 11.5 Å². The van der Waals surface area contributed by atoms with Gasteiger partial charge in [0, 0.05) is 17.0 Å². The summed E-state index contributed by atoms with van der Waals surface area (Å²) in [7, 11) is 0. The second-order valence-electron chi connectivity index (χ2n) is 4.71. The summed E-state index contributed by atoms with van der Waals surface area (Å²) >= 11 is 5.18. The Morgan fingerprint density at radius 2 is 1.95 bits per heavy atom. The lowest BCUT2D eigenvalue weighted by molar-refractivity contribution is 0.602. The van der Waals surface area contributed by atoms with E-state index in [1.165, 1.54) is 0 Å². The van der Waals surface area contributed by atoms with Crippen LogP contribution in [0.5, 0.6) is 0 Å². The van der Waals surface area contributed by atoms with Crippen LogP contribution in [0.1, 0.15) is 31.2 Å². The zero-order valence-electron chi connectivity index (χ0n) is 10.9. The van der Waals surface area contributed by atoms with Crippen molar-refractivity contribution in [1.29, 1.82) is 0 Å². The molecular formula is C14H14F2N2S. The van der Waals surface area contributed by atoms with Crippen LogP contribution in [0, 0.1) is 23.2 Å². The van der Waals surface area contributed by atoms with Crippen LogP contribution >= 0.6 is 12.2 Å². The second kappa shape index (κ2) is 5.17. The molecule has 0 radical (unpaired) electrons. The van der Waals surface area contributed by atoms with Crippen LogP contribution in [0.3, 0.4) is 0 Å². The van der Waals surface area contributed by atoms with E-state index in [1.807, 2.05) is 13.8 Å². The number of nitrogens with one attached hydrogen (secondary N) is 1. The summed E-state index contributed by atoms with van der Waals surface area (Å²) in [5.41, 5.74) is 1.30. The molecule has 2 rings (SSSR count). The molecule has 0 saturated heterocycles. The van der Waals surface area contributed by atoms with Crippen LogP contribution < -0.4 is 0 Å². The van der Waals surface area contributed by atoms with Crippen LogP contribution in [-0.4, -0.2) is 9.97 Å². The average molecular weight is 280 g/mol. The fraction of sp³-hybridized carbons (Fsp3) is 0.286. The first kappa shape index (κ1) is 13.8. The Kier molecular flexibility index (Phi) is 3.75. The number of aromatic amines is 1. The maximum atomic E-state index is 13.9. The predicted molar refractivity (Wildman–Crippen MR) is 73.6 cm³/mol. The molecule has 19 heavy (non-hydrogen) atoms. The summed E-state index contributed by atoms with van der Waals surface area (Å²) in [5.74, 6) is -0.194. The highest BCUT2D eigenvalue weighted by molar-refractivity contribution is 7.71. The van der Waals surface area contributed by atoms with Crippen molar-refractivity contribution in [1.82, 2.24) is 9.97 Å². The number of nitrogens with zero attached hydrogens (tertiary/aromatic N) is 1. The summed E-state index contributed by atoms with van der Waals surface area (Å²) in [6.45, 7) is 5.65. The molecule has 0 saturated carbocycles. The molecule has 1 heterocycles. The minimum absolute atomic E-state index is 0.123. The van der Waals surface area contributed by atoms with Crippen molar-refractivity contribution in [3.8, 4) is 11.3 Å².